The summed E-state index contributed by atoms with van der Waals surface area (Å²) in [5.74, 6) is 0.155. The minimum atomic E-state index is 0.155. The number of anilines is 2. The lowest BCUT2D eigenvalue weighted by molar-refractivity contribution is 0.0982. The van der Waals surface area contributed by atoms with Crippen molar-refractivity contribution in [2.45, 2.75) is 18.5 Å². The summed E-state index contributed by atoms with van der Waals surface area (Å²) in [6.07, 6.45) is 0.983. The summed E-state index contributed by atoms with van der Waals surface area (Å²) in [6, 6.07) is 17.1. The smallest absolute Gasteiger partial charge is 0.260 e. The van der Waals surface area contributed by atoms with E-state index >= 15 is 0 Å². The molecule has 2 aromatic rings. The van der Waals surface area contributed by atoms with E-state index in [2.05, 4.69) is 29.2 Å². The van der Waals surface area contributed by atoms with Gasteiger partial charge in [-0.25, -0.2) is 0 Å². The summed E-state index contributed by atoms with van der Waals surface area (Å²) in [4.78, 5) is 17.3. The van der Waals surface area contributed by atoms with Crippen molar-refractivity contribution < 1.29 is 4.79 Å². The number of nitrogens with zero attached hydrogens (tertiary/aromatic N) is 2. The number of carbonyl (C=O) groups excluding carboxylic acids is 1. The third kappa shape index (κ3) is 1.18. The van der Waals surface area contributed by atoms with Crippen molar-refractivity contribution in [2.75, 3.05) is 16.3 Å². The number of para-hydroxylation sites is 2. The first kappa shape index (κ1) is 10.5. The van der Waals surface area contributed by atoms with Crippen molar-refractivity contribution in [3.63, 3.8) is 0 Å². The molecular weight excluding hydrogens is 248 g/mol. The summed E-state index contributed by atoms with van der Waals surface area (Å²) >= 11 is 0. The Labute approximate surface area is 117 Å². The maximum absolute atomic E-state index is 12.9. The van der Waals surface area contributed by atoms with Gasteiger partial charge in [-0.15, -0.1) is 0 Å². The lowest BCUT2D eigenvalue weighted by atomic mass is 10.1. The maximum atomic E-state index is 12.9. The topological polar surface area (TPSA) is 23.3 Å². The van der Waals surface area contributed by atoms with Gasteiger partial charge in [0.25, 0.3) is 5.91 Å². The second kappa shape index (κ2) is 3.42. The van der Waals surface area contributed by atoms with Gasteiger partial charge in [-0.05, 0) is 30.2 Å². The molecule has 1 fully saturated rings. The summed E-state index contributed by atoms with van der Waals surface area (Å²) in [5, 5.41) is 0. The third-order valence-electron chi connectivity index (χ3n) is 4.77. The van der Waals surface area contributed by atoms with Crippen LogP contribution >= 0.6 is 0 Å². The summed E-state index contributed by atoms with van der Waals surface area (Å²) in [6.45, 7) is 1.07. The molecule has 2 aromatic carbocycles. The Bertz CT molecular complexity index is 739. The normalized spacial score (nSPS) is 25.5. The molecule has 0 bridgehead atoms. The lowest BCUT2D eigenvalue weighted by Crippen LogP contribution is -2.40. The Morgan fingerprint density at radius 1 is 0.900 bits per heavy atom. The SMILES string of the molecule is O=C1c2ccccc2N2CC2C2Cc3ccccc3N12. The highest BCUT2D eigenvalue weighted by Gasteiger charge is 2.52. The third-order valence-corrected chi connectivity index (χ3v) is 4.77. The predicted molar refractivity (Wildman–Crippen MR) is 78.3 cm³/mol. The number of amides is 1. The molecule has 0 aliphatic carbocycles. The van der Waals surface area contributed by atoms with Crippen molar-refractivity contribution >= 4 is 17.3 Å². The zero-order valence-electron chi connectivity index (χ0n) is 11.0. The number of hydrogen-bond acceptors (Lipinski definition) is 2. The van der Waals surface area contributed by atoms with Gasteiger partial charge in [-0.2, -0.15) is 0 Å². The van der Waals surface area contributed by atoms with E-state index in [0.717, 1.165) is 29.9 Å². The molecular formula is C17H14N2O. The zero-order chi connectivity index (χ0) is 13.3. The quantitative estimate of drug-likeness (QED) is 0.681. The van der Waals surface area contributed by atoms with Crippen molar-refractivity contribution in [2.24, 2.45) is 0 Å². The van der Waals surface area contributed by atoms with Gasteiger partial charge in [0.2, 0.25) is 0 Å². The molecule has 0 aromatic heterocycles. The second-order valence-corrected chi connectivity index (χ2v) is 5.81. The van der Waals surface area contributed by atoms with Crippen LogP contribution in [0.5, 0.6) is 0 Å². The molecule has 3 heterocycles. The molecule has 3 aliphatic heterocycles. The van der Waals surface area contributed by atoms with Crippen molar-refractivity contribution in [3.8, 4) is 0 Å². The first-order chi connectivity index (χ1) is 9.84. The molecule has 0 saturated carbocycles. The van der Waals surface area contributed by atoms with Gasteiger partial charge in [0, 0.05) is 17.9 Å². The van der Waals surface area contributed by atoms with E-state index in [-0.39, 0.29) is 5.91 Å². The molecule has 2 atom stereocenters. The Hall–Kier alpha value is -2.29. The van der Waals surface area contributed by atoms with Crippen LogP contribution in [0, 0.1) is 0 Å². The first-order valence-corrected chi connectivity index (χ1v) is 7.12. The van der Waals surface area contributed by atoms with E-state index in [1.165, 1.54) is 5.56 Å². The number of hydrogen-bond donors (Lipinski definition) is 0. The second-order valence-electron chi connectivity index (χ2n) is 5.81. The van der Waals surface area contributed by atoms with Crippen LogP contribution in [0.2, 0.25) is 0 Å². The van der Waals surface area contributed by atoms with E-state index in [0.29, 0.717) is 12.1 Å². The lowest BCUT2D eigenvalue weighted by Gasteiger charge is -2.23. The molecule has 0 radical (unpaired) electrons. The molecule has 0 spiro atoms. The highest BCUT2D eigenvalue weighted by Crippen LogP contribution is 2.45. The zero-order valence-corrected chi connectivity index (χ0v) is 11.0. The first-order valence-electron chi connectivity index (χ1n) is 7.12. The van der Waals surface area contributed by atoms with Gasteiger partial charge in [0.05, 0.1) is 17.6 Å². The summed E-state index contributed by atoms with van der Waals surface area (Å²) in [7, 11) is 0. The molecule has 0 N–H and O–H groups in total. The standard InChI is InChI=1S/C17H14N2O/c20-17-12-6-2-4-8-14(12)18-10-16(18)15-9-11-5-1-3-7-13(11)19(15)17/h1-8,15-16H,9-10H2. The van der Waals surface area contributed by atoms with Crippen LogP contribution in [-0.2, 0) is 6.42 Å². The van der Waals surface area contributed by atoms with E-state index < -0.39 is 0 Å². The van der Waals surface area contributed by atoms with Crippen LogP contribution in [0.4, 0.5) is 11.4 Å². The van der Waals surface area contributed by atoms with Gasteiger partial charge < -0.3 is 9.80 Å². The molecule has 20 heavy (non-hydrogen) atoms. The molecule has 5 rings (SSSR count). The molecule has 2 unspecified atom stereocenters. The monoisotopic (exact) mass is 262 g/mol. The van der Waals surface area contributed by atoms with E-state index in [4.69, 9.17) is 0 Å². The van der Waals surface area contributed by atoms with Gasteiger partial charge in [0.15, 0.2) is 0 Å². The fourth-order valence-electron chi connectivity index (χ4n) is 3.78. The van der Waals surface area contributed by atoms with Gasteiger partial charge in [-0.1, -0.05) is 30.3 Å². The summed E-state index contributed by atoms with van der Waals surface area (Å²) in [5.41, 5.74) is 4.35. The Kier molecular flexibility index (Phi) is 1.80. The van der Waals surface area contributed by atoms with Crippen molar-refractivity contribution in [3.05, 3.63) is 59.7 Å². The van der Waals surface area contributed by atoms with Crippen LogP contribution in [0.25, 0.3) is 0 Å². The number of benzene rings is 2. The van der Waals surface area contributed by atoms with E-state index in [1.807, 2.05) is 29.2 Å². The Morgan fingerprint density at radius 3 is 2.55 bits per heavy atom. The van der Waals surface area contributed by atoms with Crippen LogP contribution in [0.15, 0.2) is 48.5 Å². The Balaban J connectivity index is 1.73. The molecule has 3 aliphatic rings. The van der Waals surface area contributed by atoms with Crippen molar-refractivity contribution in [1.29, 1.82) is 0 Å². The Morgan fingerprint density at radius 2 is 1.65 bits per heavy atom. The minimum Gasteiger partial charge on any atom is -0.362 e. The molecule has 3 heteroatoms. The number of rotatable bonds is 0. The number of fused-ring (bicyclic) bond motifs is 7. The van der Waals surface area contributed by atoms with Gasteiger partial charge in [-0.3, -0.25) is 4.79 Å². The fourth-order valence-corrected chi connectivity index (χ4v) is 3.78. The number of carbonyl (C=O) groups is 1. The summed E-state index contributed by atoms with van der Waals surface area (Å²) < 4.78 is 0. The van der Waals surface area contributed by atoms with E-state index in [9.17, 15) is 4.79 Å². The molecule has 1 saturated heterocycles. The van der Waals surface area contributed by atoms with Crippen LogP contribution in [0.1, 0.15) is 15.9 Å². The predicted octanol–water partition coefficient (Wildman–Crippen LogP) is 2.46. The van der Waals surface area contributed by atoms with Crippen molar-refractivity contribution in [1.82, 2.24) is 0 Å². The van der Waals surface area contributed by atoms with Crippen LogP contribution < -0.4 is 9.80 Å². The fraction of sp³-hybridized carbons (Fsp3) is 0.235. The molecule has 3 nitrogen and oxygen atoms in total. The average molecular weight is 262 g/mol. The highest BCUT2D eigenvalue weighted by molar-refractivity contribution is 6.12. The van der Waals surface area contributed by atoms with Gasteiger partial charge in [0.1, 0.15) is 0 Å². The average Bonchev–Trinajstić information content (AvgIpc) is 3.20. The van der Waals surface area contributed by atoms with E-state index in [1.54, 1.807) is 0 Å². The molecule has 98 valence electrons. The van der Waals surface area contributed by atoms with Crippen LogP contribution in [-0.4, -0.2) is 24.5 Å². The van der Waals surface area contributed by atoms with Crippen LogP contribution in [0.3, 0.4) is 0 Å². The minimum absolute atomic E-state index is 0.155. The highest BCUT2D eigenvalue weighted by atomic mass is 16.2. The van der Waals surface area contributed by atoms with Gasteiger partial charge >= 0.3 is 0 Å². The largest absolute Gasteiger partial charge is 0.362 e. The maximum Gasteiger partial charge on any atom is 0.260 e. The molecule has 1 amide bonds.